The van der Waals surface area contributed by atoms with Gasteiger partial charge in [0.15, 0.2) is 5.75 Å². The molecule has 0 amide bonds. The Bertz CT molecular complexity index is 2570. The Kier molecular flexibility index (Phi) is 9.55. The van der Waals surface area contributed by atoms with Crippen molar-refractivity contribution in [1.82, 2.24) is 0 Å². The van der Waals surface area contributed by atoms with Crippen molar-refractivity contribution in [2.75, 3.05) is 5.73 Å². The molecule has 0 aliphatic carbocycles. The number of carboxylic acids is 1. The fourth-order valence-electron chi connectivity index (χ4n) is 5.18. The van der Waals surface area contributed by atoms with Crippen molar-refractivity contribution in [1.29, 1.82) is 0 Å². The Balaban J connectivity index is 1.16. The Morgan fingerprint density at radius 2 is 1.15 bits per heavy atom. The number of carboxylic acid groups (broad SMARTS) is 1. The van der Waals surface area contributed by atoms with Crippen LogP contribution >= 0.6 is 0 Å². The standard InChI is InChI=1S/C37H29N7O7S/c1-20-16-32(43-44-35-34(52(49,50)51)17-24-3-8-25(38)18-29(24)36(35)46)21(2)15-31(20)42-40-27-11-6-23(7-12-27)22-4-9-26(10-5-22)39-41-28-13-14-33(45)30(19-28)37(47)48/h3-19,45-46H,38H2,1-2H3,(H,47,48)(H,49,50,51). The van der Waals surface area contributed by atoms with Crippen LogP contribution in [0.1, 0.15) is 21.5 Å². The molecule has 0 saturated heterocycles. The van der Waals surface area contributed by atoms with Crippen LogP contribution in [0.4, 0.5) is 39.8 Å². The molecule has 0 unspecified atom stereocenters. The van der Waals surface area contributed by atoms with Crippen LogP contribution in [0.25, 0.3) is 21.9 Å². The second-order valence-corrected chi connectivity index (χ2v) is 13.0. The highest BCUT2D eigenvalue weighted by atomic mass is 32.2. The highest BCUT2D eigenvalue weighted by Gasteiger charge is 2.22. The lowest BCUT2D eigenvalue weighted by Gasteiger charge is -2.10. The quantitative estimate of drug-likeness (QED) is 0.0547. The average Bonchev–Trinajstić information content (AvgIpc) is 3.11. The Morgan fingerprint density at radius 1 is 0.635 bits per heavy atom. The number of phenolic OH excluding ortho intramolecular Hbond substituents is 1. The summed E-state index contributed by atoms with van der Waals surface area (Å²) in [7, 11) is -4.76. The molecule has 15 heteroatoms. The lowest BCUT2D eigenvalue weighted by atomic mass is 10.1. The van der Waals surface area contributed by atoms with E-state index in [0.29, 0.717) is 45.0 Å². The SMILES string of the molecule is Cc1cc(N=Nc2c(S(=O)(=O)O)cc3ccc(N)cc3c2O)c(C)cc1N=Nc1ccc(-c2ccc(N=Nc3ccc(O)c(C(=O)O)c3)cc2)cc1. The molecular formula is C37H29N7O7S. The first-order valence-electron chi connectivity index (χ1n) is 15.4. The summed E-state index contributed by atoms with van der Waals surface area (Å²) < 4.78 is 34.1. The van der Waals surface area contributed by atoms with Crippen LogP contribution < -0.4 is 5.73 Å². The molecule has 260 valence electrons. The summed E-state index contributed by atoms with van der Waals surface area (Å²) in [4.78, 5) is 10.6. The van der Waals surface area contributed by atoms with Crippen molar-refractivity contribution in [2.45, 2.75) is 18.7 Å². The minimum Gasteiger partial charge on any atom is -0.507 e. The molecular weight excluding hydrogens is 687 g/mol. The first-order chi connectivity index (χ1) is 24.8. The van der Waals surface area contributed by atoms with E-state index in [4.69, 9.17) is 5.73 Å². The van der Waals surface area contributed by atoms with Crippen molar-refractivity contribution < 1.29 is 33.1 Å². The maximum atomic E-state index is 12.1. The van der Waals surface area contributed by atoms with Crippen LogP contribution in [-0.2, 0) is 10.1 Å². The predicted octanol–water partition coefficient (Wildman–Crippen LogP) is 10.3. The van der Waals surface area contributed by atoms with Gasteiger partial charge in [-0.15, -0.1) is 5.11 Å². The number of fused-ring (bicyclic) bond motifs is 1. The van der Waals surface area contributed by atoms with E-state index in [-0.39, 0.29) is 22.4 Å². The van der Waals surface area contributed by atoms with Gasteiger partial charge in [0.05, 0.1) is 28.4 Å². The van der Waals surface area contributed by atoms with Crippen molar-refractivity contribution in [3.05, 3.63) is 120 Å². The lowest BCUT2D eigenvalue weighted by Crippen LogP contribution is -1.99. The average molecular weight is 716 g/mol. The molecule has 0 spiro atoms. The highest BCUT2D eigenvalue weighted by molar-refractivity contribution is 7.86. The van der Waals surface area contributed by atoms with E-state index in [2.05, 4.69) is 30.7 Å². The van der Waals surface area contributed by atoms with E-state index in [1.165, 1.54) is 36.4 Å². The van der Waals surface area contributed by atoms with E-state index in [0.717, 1.165) is 11.1 Å². The van der Waals surface area contributed by atoms with Crippen LogP contribution in [-0.4, -0.2) is 34.3 Å². The third-order valence-corrected chi connectivity index (χ3v) is 8.83. The van der Waals surface area contributed by atoms with E-state index < -0.39 is 32.4 Å². The highest BCUT2D eigenvalue weighted by Crippen LogP contribution is 2.42. The second kappa shape index (κ2) is 14.2. The smallest absolute Gasteiger partial charge is 0.339 e. The number of phenols is 2. The summed E-state index contributed by atoms with van der Waals surface area (Å²) >= 11 is 0. The van der Waals surface area contributed by atoms with Gasteiger partial charge in [0, 0.05) is 11.1 Å². The van der Waals surface area contributed by atoms with Gasteiger partial charge in [-0.1, -0.05) is 30.3 Å². The molecule has 6 aromatic rings. The summed E-state index contributed by atoms with van der Waals surface area (Å²) in [5.41, 5.74) is 11.1. The predicted molar refractivity (Wildman–Crippen MR) is 195 cm³/mol. The zero-order valence-electron chi connectivity index (χ0n) is 27.5. The molecule has 6 rings (SSSR count). The fourth-order valence-corrected chi connectivity index (χ4v) is 5.84. The zero-order chi connectivity index (χ0) is 37.2. The molecule has 52 heavy (non-hydrogen) atoms. The molecule has 0 atom stereocenters. The van der Waals surface area contributed by atoms with Gasteiger partial charge < -0.3 is 21.1 Å². The van der Waals surface area contributed by atoms with Gasteiger partial charge in [0.2, 0.25) is 0 Å². The summed E-state index contributed by atoms with van der Waals surface area (Å²) in [5, 5.41) is 55.5. The maximum Gasteiger partial charge on any atom is 0.339 e. The third kappa shape index (κ3) is 7.65. The monoisotopic (exact) mass is 715 g/mol. The Morgan fingerprint density at radius 3 is 1.71 bits per heavy atom. The van der Waals surface area contributed by atoms with E-state index in [9.17, 15) is 33.1 Å². The number of azo groups is 3. The lowest BCUT2D eigenvalue weighted by molar-refractivity contribution is 0.0693. The molecule has 6 aromatic carbocycles. The molecule has 0 aliphatic rings. The number of nitrogens with two attached hydrogens (primary N) is 1. The minimum absolute atomic E-state index is 0.251. The van der Waals surface area contributed by atoms with Gasteiger partial charge >= 0.3 is 5.97 Å². The van der Waals surface area contributed by atoms with Crippen LogP contribution in [0.15, 0.2) is 139 Å². The summed E-state index contributed by atoms with van der Waals surface area (Å²) in [5.74, 6) is -2.10. The van der Waals surface area contributed by atoms with Crippen molar-refractivity contribution >= 4 is 66.7 Å². The fraction of sp³-hybridized carbons (Fsp3) is 0.0541. The summed E-state index contributed by atoms with van der Waals surface area (Å²) in [6.07, 6.45) is 0. The van der Waals surface area contributed by atoms with Crippen molar-refractivity contribution in [2.24, 2.45) is 30.7 Å². The molecule has 0 bridgehead atoms. The van der Waals surface area contributed by atoms with Gasteiger partial charge in [-0.25, -0.2) is 4.79 Å². The first kappa shape index (κ1) is 35.0. The number of nitrogens with zero attached hydrogens (tertiary/aromatic N) is 6. The van der Waals surface area contributed by atoms with Gasteiger partial charge in [-0.05, 0) is 114 Å². The van der Waals surface area contributed by atoms with E-state index in [1.807, 2.05) is 36.4 Å². The number of carbonyl (C=O) groups is 1. The van der Waals surface area contributed by atoms with Gasteiger partial charge in [-0.2, -0.15) is 34.0 Å². The third-order valence-electron chi connectivity index (χ3n) is 7.96. The van der Waals surface area contributed by atoms with Gasteiger partial charge in [0.25, 0.3) is 10.1 Å². The molecule has 0 aromatic heterocycles. The topological polar surface area (TPSA) is 232 Å². The maximum absolute atomic E-state index is 12.1. The summed E-state index contributed by atoms with van der Waals surface area (Å²) in [6.45, 7) is 3.57. The van der Waals surface area contributed by atoms with E-state index in [1.54, 1.807) is 44.2 Å². The molecule has 14 nitrogen and oxygen atoms in total. The number of aromatic hydroxyl groups is 2. The largest absolute Gasteiger partial charge is 0.507 e. The number of hydrogen-bond donors (Lipinski definition) is 5. The van der Waals surface area contributed by atoms with Crippen molar-refractivity contribution in [3.63, 3.8) is 0 Å². The van der Waals surface area contributed by atoms with Crippen molar-refractivity contribution in [3.8, 4) is 22.6 Å². The van der Waals surface area contributed by atoms with Crippen LogP contribution in [0.2, 0.25) is 0 Å². The number of aromatic carboxylic acids is 1. The Labute approximate surface area is 296 Å². The van der Waals surface area contributed by atoms with Crippen LogP contribution in [0.3, 0.4) is 0 Å². The number of hydrogen-bond acceptors (Lipinski definition) is 12. The number of nitrogen functional groups attached to an aromatic ring is 1. The zero-order valence-corrected chi connectivity index (χ0v) is 28.3. The second-order valence-electron chi connectivity index (χ2n) is 11.7. The van der Waals surface area contributed by atoms with Crippen LogP contribution in [0.5, 0.6) is 11.5 Å². The number of benzene rings is 6. The molecule has 0 saturated carbocycles. The number of anilines is 1. The molecule has 0 aliphatic heterocycles. The summed E-state index contributed by atoms with van der Waals surface area (Å²) in [6, 6.07) is 27.8. The molecule has 0 radical (unpaired) electrons. The minimum atomic E-state index is -4.76. The first-order valence-corrected chi connectivity index (χ1v) is 16.9. The number of rotatable bonds is 9. The van der Waals surface area contributed by atoms with Crippen LogP contribution in [0, 0.1) is 13.8 Å². The molecule has 6 N–H and O–H groups in total. The molecule has 0 fully saturated rings. The normalized spacial score (nSPS) is 12.1. The van der Waals surface area contributed by atoms with Gasteiger partial charge in [0.1, 0.15) is 21.9 Å². The molecule has 0 heterocycles. The Hall–Kier alpha value is -6.84. The van der Waals surface area contributed by atoms with Gasteiger partial charge in [-0.3, -0.25) is 4.55 Å². The number of aryl methyl sites for hydroxylation is 2. The van der Waals surface area contributed by atoms with E-state index >= 15 is 0 Å².